The zero-order valence-electron chi connectivity index (χ0n) is 16.1. The number of ether oxygens (including phenoxy) is 1. The third-order valence-corrected chi connectivity index (χ3v) is 7.33. The average molecular weight is 467 g/mol. The van der Waals surface area contributed by atoms with E-state index in [9.17, 15) is 16.8 Å². The SMILES string of the molecule is COc1ccc(S(=O)(=O)Nc2ccc(C)c(S(=O)(=O)Nc3cccc(Cl)c3)c2)cc1. The van der Waals surface area contributed by atoms with Crippen LogP contribution in [0.4, 0.5) is 11.4 Å². The number of rotatable bonds is 7. The summed E-state index contributed by atoms with van der Waals surface area (Å²) in [4.78, 5) is -0.0391. The lowest BCUT2D eigenvalue weighted by Crippen LogP contribution is -2.16. The van der Waals surface area contributed by atoms with Gasteiger partial charge < -0.3 is 4.74 Å². The van der Waals surface area contributed by atoms with Gasteiger partial charge in [0, 0.05) is 5.02 Å². The van der Waals surface area contributed by atoms with Gasteiger partial charge in [0.2, 0.25) is 0 Å². The van der Waals surface area contributed by atoms with Gasteiger partial charge in [0.15, 0.2) is 0 Å². The summed E-state index contributed by atoms with van der Waals surface area (Å²) in [6, 6.07) is 16.4. The molecule has 2 N–H and O–H groups in total. The fourth-order valence-electron chi connectivity index (χ4n) is 2.68. The standard InChI is InChI=1S/C20H19ClN2O5S2/c1-14-6-7-17(22-29(24,25)19-10-8-18(28-2)9-11-19)13-20(14)30(26,27)23-16-5-3-4-15(21)12-16/h3-13,22-23H,1-2H3. The van der Waals surface area contributed by atoms with Gasteiger partial charge in [-0.25, -0.2) is 16.8 Å². The highest BCUT2D eigenvalue weighted by molar-refractivity contribution is 7.93. The summed E-state index contributed by atoms with van der Waals surface area (Å²) >= 11 is 5.91. The summed E-state index contributed by atoms with van der Waals surface area (Å²) in [5, 5.41) is 0.382. The minimum atomic E-state index is -3.97. The van der Waals surface area contributed by atoms with Crippen molar-refractivity contribution in [3.63, 3.8) is 0 Å². The quantitative estimate of drug-likeness (QED) is 0.541. The van der Waals surface area contributed by atoms with Crippen LogP contribution in [0.25, 0.3) is 0 Å². The largest absolute Gasteiger partial charge is 0.497 e. The van der Waals surface area contributed by atoms with Crippen LogP contribution < -0.4 is 14.2 Å². The molecule has 0 aliphatic heterocycles. The highest BCUT2D eigenvalue weighted by Crippen LogP contribution is 2.26. The van der Waals surface area contributed by atoms with E-state index in [4.69, 9.17) is 16.3 Å². The Kier molecular flexibility index (Phi) is 6.25. The van der Waals surface area contributed by atoms with Crippen LogP contribution in [0.15, 0.2) is 76.5 Å². The van der Waals surface area contributed by atoms with Crippen LogP contribution in [0.2, 0.25) is 5.02 Å². The normalized spacial score (nSPS) is 11.7. The molecule has 158 valence electrons. The van der Waals surface area contributed by atoms with Crippen molar-refractivity contribution in [2.45, 2.75) is 16.7 Å². The van der Waals surface area contributed by atoms with E-state index in [2.05, 4.69) is 9.44 Å². The van der Waals surface area contributed by atoms with Crippen LogP contribution in [-0.4, -0.2) is 23.9 Å². The van der Waals surface area contributed by atoms with Crippen LogP contribution in [0.3, 0.4) is 0 Å². The molecule has 3 aromatic carbocycles. The summed E-state index contributed by atoms with van der Waals surface area (Å²) in [5.74, 6) is 0.518. The second-order valence-corrected chi connectivity index (χ2v) is 10.1. The zero-order valence-corrected chi connectivity index (χ0v) is 18.5. The fourth-order valence-corrected chi connectivity index (χ4v) is 5.25. The Morgan fingerprint density at radius 3 is 2.07 bits per heavy atom. The van der Waals surface area contributed by atoms with E-state index >= 15 is 0 Å². The van der Waals surface area contributed by atoms with Gasteiger partial charge in [-0.1, -0.05) is 23.7 Å². The molecule has 3 rings (SSSR count). The van der Waals surface area contributed by atoms with Gasteiger partial charge in [-0.3, -0.25) is 9.44 Å². The van der Waals surface area contributed by atoms with Gasteiger partial charge in [0.05, 0.1) is 28.3 Å². The summed E-state index contributed by atoms with van der Waals surface area (Å²) in [5.41, 5.74) is 0.867. The van der Waals surface area contributed by atoms with Crippen molar-refractivity contribution in [3.05, 3.63) is 77.3 Å². The maximum Gasteiger partial charge on any atom is 0.262 e. The number of hydrogen-bond acceptors (Lipinski definition) is 5. The Hall–Kier alpha value is -2.75. The Balaban J connectivity index is 1.90. The van der Waals surface area contributed by atoms with E-state index < -0.39 is 20.0 Å². The van der Waals surface area contributed by atoms with Gasteiger partial charge in [-0.15, -0.1) is 0 Å². The number of sulfonamides is 2. The van der Waals surface area contributed by atoms with E-state index in [1.165, 1.54) is 55.6 Å². The predicted octanol–water partition coefficient (Wildman–Crippen LogP) is 4.26. The molecule has 3 aromatic rings. The third-order valence-electron chi connectivity index (χ3n) is 4.18. The maximum absolute atomic E-state index is 12.8. The van der Waals surface area contributed by atoms with Crippen LogP contribution >= 0.6 is 11.6 Å². The molecule has 0 saturated heterocycles. The smallest absolute Gasteiger partial charge is 0.262 e. The van der Waals surface area contributed by atoms with Gasteiger partial charge >= 0.3 is 0 Å². The van der Waals surface area contributed by atoms with Crippen LogP contribution in [0.1, 0.15) is 5.56 Å². The third kappa shape index (κ3) is 5.05. The first-order valence-electron chi connectivity index (χ1n) is 8.67. The summed E-state index contributed by atoms with van der Waals surface area (Å²) in [6.07, 6.45) is 0. The number of halogens is 1. The molecule has 10 heteroatoms. The number of methoxy groups -OCH3 is 1. The molecule has 0 fully saturated rings. The van der Waals surface area contributed by atoms with E-state index in [1.54, 1.807) is 25.1 Å². The topological polar surface area (TPSA) is 102 Å². The van der Waals surface area contributed by atoms with Crippen molar-refractivity contribution >= 4 is 43.0 Å². The molecule has 0 aromatic heterocycles. The molecule has 7 nitrogen and oxygen atoms in total. The van der Waals surface area contributed by atoms with Crippen molar-refractivity contribution < 1.29 is 21.6 Å². The lowest BCUT2D eigenvalue weighted by Gasteiger charge is -2.14. The van der Waals surface area contributed by atoms with E-state index in [0.29, 0.717) is 22.0 Å². The minimum absolute atomic E-state index is 0.0188. The molecule has 0 atom stereocenters. The van der Waals surface area contributed by atoms with Crippen molar-refractivity contribution in [1.29, 1.82) is 0 Å². The molecule has 0 unspecified atom stereocenters. The van der Waals surface area contributed by atoms with Crippen molar-refractivity contribution in [2.75, 3.05) is 16.6 Å². The van der Waals surface area contributed by atoms with E-state index in [1.807, 2.05) is 0 Å². The molecule has 30 heavy (non-hydrogen) atoms. The number of hydrogen-bond donors (Lipinski definition) is 2. The monoisotopic (exact) mass is 466 g/mol. The highest BCUT2D eigenvalue weighted by Gasteiger charge is 2.20. The van der Waals surface area contributed by atoms with Crippen molar-refractivity contribution in [1.82, 2.24) is 0 Å². The molecule has 0 saturated carbocycles. The van der Waals surface area contributed by atoms with Gasteiger partial charge in [-0.2, -0.15) is 0 Å². The molecule has 0 radical (unpaired) electrons. The maximum atomic E-state index is 12.8. The molecular weight excluding hydrogens is 448 g/mol. The van der Waals surface area contributed by atoms with Crippen LogP contribution in [0.5, 0.6) is 5.75 Å². The number of anilines is 2. The van der Waals surface area contributed by atoms with Crippen LogP contribution in [-0.2, 0) is 20.0 Å². The number of nitrogens with one attached hydrogen (secondary N) is 2. The van der Waals surface area contributed by atoms with Crippen molar-refractivity contribution in [2.24, 2.45) is 0 Å². The summed E-state index contributed by atoms with van der Waals surface area (Å²) < 4.78 is 60.9. The molecule has 0 amide bonds. The molecule has 0 aliphatic rings. The Labute approximate surface area is 180 Å². The Bertz CT molecular complexity index is 1270. The second-order valence-electron chi connectivity index (χ2n) is 6.38. The zero-order chi connectivity index (χ0) is 21.9. The molecule has 0 bridgehead atoms. The fraction of sp³-hybridized carbons (Fsp3) is 0.100. The highest BCUT2D eigenvalue weighted by atomic mass is 35.5. The second kappa shape index (κ2) is 8.55. The first-order valence-corrected chi connectivity index (χ1v) is 12.0. The number of benzene rings is 3. The minimum Gasteiger partial charge on any atom is -0.497 e. The molecule has 0 aliphatic carbocycles. The molecule has 0 spiro atoms. The molecule has 0 heterocycles. The predicted molar refractivity (Wildman–Crippen MR) is 117 cm³/mol. The Morgan fingerprint density at radius 2 is 1.43 bits per heavy atom. The molecular formula is C20H19ClN2O5S2. The first-order chi connectivity index (χ1) is 14.1. The van der Waals surface area contributed by atoms with E-state index in [0.717, 1.165) is 0 Å². The van der Waals surface area contributed by atoms with Gasteiger partial charge in [-0.05, 0) is 67.1 Å². The summed E-state index contributed by atoms with van der Waals surface area (Å²) in [7, 11) is -6.41. The lowest BCUT2D eigenvalue weighted by molar-refractivity contribution is 0.414. The van der Waals surface area contributed by atoms with Crippen LogP contribution in [0, 0.1) is 6.92 Å². The Morgan fingerprint density at radius 1 is 0.800 bits per heavy atom. The van der Waals surface area contributed by atoms with Gasteiger partial charge in [0.1, 0.15) is 5.75 Å². The lowest BCUT2D eigenvalue weighted by atomic mass is 10.2. The van der Waals surface area contributed by atoms with Crippen molar-refractivity contribution in [3.8, 4) is 5.75 Å². The first kappa shape index (κ1) is 21.9. The summed E-state index contributed by atoms with van der Waals surface area (Å²) in [6.45, 7) is 1.62. The van der Waals surface area contributed by atoms with Gasteiger partial charge in [0.25, 0.3) is 20.0 Å². The number of aryl methyl sites for hydroxylation is 1. The van der Waals surface area contributed by atoms with E-state index in [-0.39, 0.29) is 15.5 Å². The average Bonchev–Trinajstić information content (AvgIpc) is 2.69.